The summed E-state index contributed by atoms with van der Waals surface area (Å²) in [6, 6.07) is 13.7. The summed E-state index contributed by atoms with van der Waals surface area (Å²) in [5, 5.41) is 3.35. The molecule has 2 rings (SSSR count). The molecule has 2 aromatic rings. The average Bonchev–Trinajstić information content (AvgIpc) is 2.35. The van der Waals surface area contributed by atoms with Crippen LogP contribution in [-0.4, -0.2) is 6.61 Å². The zero-order chi connectivity index (χ0) is 13.0. The zero-order valence-electron chi connectivity index (χ0n) is 10.1. The summed E-state index contributed by atoms with van der Waals surface area (Å²) in [5.74, 6) is 0.884. The van der Waals surface area contributed by atoms with Crippen LogP contribution in [0.5, 0.6) is 5.75 Å². The van der Waals surface area contributed by atoms with Gasteiger partial charge in [-0.25, -0.2) is 0 Å². The Balaban J connectivity index is 2.13. The topological polar surface area (TPSA) is 47.3 Å². The van der Waals surface area contributed by atoms with E-state index >= 15 is 0 Å². The number of halogens is 1. The van der Waals surface area contributed by atoms with Crippen LogP contribution in [0.3, 0.4) is 0 Å². The van der Waals surface area contributed by atoms with Gasteiger partial charge in [0.05, 0.1) is 12.3 Å². The van der Waals surface area contributed by atoms with Gasteiger partial charge in [0.1, 0.15) is 5.75 Å². The molecule has 4 heteroatoms. The summed E-state index contributed by atoms with van der Waals surface area (Å²) in [7, 11) is 0. The summed E-state index contributed by atoms with van der Waals surface area (Å²) >= 11 is 2.27. The number of hydrogen-bond acceptors (Lipinski definition) is 3. The van der Waals surface area contributed by atoms with Crippen molar-refractivity contribution in [3.63, 3.8) is 0 Å². The smallest absolute Gasteiger partial charge is 0.119 e. The lowest BCUT2D eigenvalue weighted by Gasteiger charge is -2.10. The first-order chi connectivity index (χ1) is 8.69. The lowest BCUT2D eigenvalue weighted by molar-refractivity contribution is 0.340. The highest BCUT2D eigenvalue weighted by Gasteiger charge is 2.01. The van der Waals surface area contributed by atoms with Gasteiger partial charge in [0.15, 0.2) is 0 Å². The van der Waals surface area contributed by atoms with E-state index in [2.05, 4.69) is 27.9 Å². The van der Waals surface area contributed by atoms with E-state index in [-0.39, 0.29) is 0 Å². The van der Waals surface area contributed by atoms with E-state index in [1.165, 1.54) is 0 Å². The Morgan fingerprint density at radius 3 is 2.50 bits per heavy atom. The molecule has 0 atom stereocenters. The molecule has 0 spiro atoms. The fourth-order valence-electron chi connectivity index (χ4n) is 1.59. The highest BCUT2D eigenvalue weighted by atomic mass is 127. The largest absolute Gasteiger partial charge is 0.494 e. The molecule has 0 saturated heterocycles. The van der Waals surface area contributed by atoms with Crippen LogP contribution in [0.4, 0.5) is 17.1 Å². The highest BCUT2D eigenvalue weighted by molar-refractivity contribution is 14.1. The van der Waals surface area contributed by atoms with Crippen molar-refractivity contribution in [3.8, 4) is 5.75 Å². The molecule has 94 valence electrons. The Labute approximate surface area is 120 Å². The summed E-state index contributed by atoms with van der Waals surface area (Å²) in [6.45, 7) is 2.66. The molecule has 3 N–H and O–H groups in total. The second-order valence-electron chi connectivity index (χ2n) is 3.82. The van der Waals surface area contributed by atoms with Crippen LogP contribution in [0.1, 0.15) is 6.92 Å². The SMILES string of the molecule is CCOc1ccc(Nc2ccc(N)cc2I)cc1. The van der Waals surface area contributed by atoms with E-state index in [9.17, 15) is 0 Å². The van der Waals surface area contributed by atoms with E-state index in [0.29, 0.717) is 6.61 Å². The van der Waals surface area contributed by atoms with Gasteiger partial charge in [-0.3, -0.25) is 0 Å². The number of nitrogen functional groups attached to an aromatic ring is 1. The van der Waals surface area contributed by atoms with Crippen molar-refractivity contribution in [2.24, 2.45) is 0 Å². The van der Waals surface area contributed by atoms with Crippen molar-refractivity contribution in [2.45, 2.75) is 6.92 Å². The molecule has 3 nitrogen and oxygen atoms in total. The Kier molecular flexibility index (Phi) is 4.30. The third kappa shape index (κ3) is 3.29. The van der Waals surface area contributed by atoms with Crippen LogP contribution < -0.4 is 15.8 Å². The fraction of sp³-hybridized carbons (Fsp3) is 0.143. The first-order valence-corrected chi connectivity index (χ1v) is 6.82. The molecule has 0 aromatic heterocycles. The monoisotopic (exact) mass is 354 g/mol. The van der Waals surface area contributed by atoms with Crippen molar-refractivity contribution in [1.82, 2.24) is 0 Å². The van der Waals surface area contributed by atoms with Gasteiger partial charge in [0, 0.05) is 14.9 Å². The number of nitrogens with one attached hydrogen (secondary N) is 1. The number of rotatable bonds is 4. The summed E-state index contributed by atoms with van der Waals surface area (Å²) in [4.78, 5) is 0. The lowest BCUT2D eigenvalue weighted by Crippen LogP contribution is -1.95. The molecule has 0 saturated carbocycles. The Bertz CT molecular complexity index is 526. The zero-order valence-corrected chi connectivity index (χ0v) is 12.3. The highest BCUT2D eigenvalue weighted by Crippen LogP contribution is 2.25. The van der Waals surface area contributed by atoms with Crippen molar-refractivity contribution >= 4 is 39.7 Å². The Hall–Kier alpha value is -1.43. The molecule has 0 bridgehead atoms. The average molecular weight is 354 g/mol. The van der Waals surface area contributed by atoms with Crippen LogP contribution in [0, 0.1) is 3.57 Å². The first-order valence-electron chi connectivity index (χ1n) is 5.74. The predicted octanol–water partition coefficient (Wildman–Crippen LogP) is 4.02. The second-order valence-corrected chi connectivity index (χ2v) is 4.98. The molecule has 0 aliphatic rings. The minimum Gasteiger partial charge on any atom is -0.494 e. The van der Waals surface area contributed by atoms with Crippen LogP contribution in [0.2, 0.25) is 0 Å². The van der Waals surface area contributed by atoms with Crippen molar-refractivity contribution in [2.75, 3.05) is 17.7 Å². The van der Waals surface area contributed by atoms with Crippen molar-refractivity contribution < 1.29 is 4.74 Å². The normalized spacial score (nSPS) is 10.1. The maximum absolute atomic E-state index is 5.72. The van der Waals surface area contributed by atoms with Crippen LogP contribution in [-0.2, 0) is 0 Å². The van der Waals surface area contributed by atoms with E-state index in [0.717, 1.165) is 26.4 Å². The summed E-state index contributed by atoms with van der Waals surface area (Å²) in [5.41, 5.74) is 8.58. The van der Waals surface area contributed by atoms with E-state index in [4.69, 9.17) is 10.5 Å². The van der Waals surface area contributed by atoms with Crippen LogP contribution in [0.15, 0.2) is 42.5 Å². The minimum atomic E-state index is 0.683. The predicted molar refractivity (Wildman–Crippen MR) is 84.5 cm³/mol. The van der Waals surface area contributed by atoms with Crippen molar-refractivity contribution in [1.29, 1.82) is 0 Å². The fourth-order valence-corrected chi connectivity index (χ4v) is 2.26. The Morgan fingerprint density at radius 1 is 1.17 bits per heavy atom. The van der Waals surface area contributed by atoms with E-state index < -0.39 is 0 Å². The second kappa shape index (κ2) is 5.95. The van der Waals surface area contributed by atoms with Gasteiger partial charge in [-0.05, 0) is 72.0 Å². The number of benzene rings is 2. The molecule has 0 fully saturated rings. The molecule has 0 heterocycles. The molecular weight excluding hydrogens is 339 g/mol. The van der Waals surface area contributed by atoms with Gasteiger partial charge in [-0.15, -0.1) is 0 Å². The van der Waals surface area contributed by atoms with Gasteiger partial charge < -0.3 is 15.8 Å². The molecular formula is C14H15IN2O. The third-order valence-electron chi connectivity index (χ3n) is 2.44. The van der Waals surface area contributed by atoms with Crippen LogP contribution in [0.25, 0.3) is 0 Å². The summed E-state index contributed by atoms with van der Waals surface area (Å²) < 4.78 is 6.50. The molecule has 2 aromatic carbocycles. The first kappa shape index (κ1) is 13.0. The van der Waals surface area contributed by atoms with Gasteiger partial charge >= 0.3 is 0 Å². The molecule has 0 amide bonds. The van der Waals surface area contributed by atoms with Gasteiger partial charge in [0.2, 0.25) is 0 Å². The van der Waals surface area contributed by atoms with Gasteiger partial charge in [0.25, 0.3) is 0 Å². The number of anilines is 3. The third-order valence-corrected chi connectivity index (χ3v) is 3.33. The molecule has 0 radical (unpaired) electrons. The van der Waals surface area contributed by atoms with E-state index in [1.54, 1.807) is 0 Å². The maximum Gasteiger partial charge on any atom is 0.119 e. The molecule has 0 unspecified atom stereocenters. The lowest BCUT2D eigenvalue weighted by atomic mass is 10.2. The molecule has 0 aliphatic carbocycles. The number of hydrogen-bond donors (Lipinski definition) is 2. The van der Waals surface area contributed by atoms with Gasteiger partial charge in [-0.2, -0.15) is 0 Å². The molecule has 18 heavy (non-hydrogen) atoms. The number of ether oxygens (including phenoxy) is 1. The Morgan fingerprint density at radius 2 is 1.89 bits per heavy atom. The van der Waals surface area contributed by atoms with E-state index in [1.807, 2.05) is 49.4 Å². The van der Waals surface area contributed by atoms with Crippen molar-refractivity contribution in [3.05, 3.63) is 46.0 Å². The van der Waals surface area contributed by atoms with Gasteiger partial charge in [-0.1, -0.05) is 0 Å². The number of nitrogens with two attached hydrogens (primary N) is 1. The van der Waals surface area contributed by atoms with Crippen LogP contribution >= 0.6 is 22.6 Å². The minimum absolute atomic E-state index is 0.683. The maximum atomic E-state index is 5.72. The molecule has 0 aliphatic heterocycles. The quantitative estimate of drug-likeness (QED) is 0.644. The standard InChI is InChI=1S/C14H15IN2O/c1-2-18-12-6-4-11(5-7-12)17-14-8-3-10(16)9-13(14)15/h3-9,17H,2,16H2,1H3. The summed E-state index contributed by atoms with van der Waals surface area (Å²) in [6.07, 6.45) is 0.